The number of benzene rings is 12. The average molecular weight is 2120 g/mol. The molecule has 7 heterocycles. The number of aliphatic hydroxyl groups excluding tert-OH is 4. The minimum atomic E-state index is -3.86. The molecule has 0 saturated heterocycles. The van der Waals surface area contributed by atoms with Crippen LogP contribution < -0.4 is 38.0 Å². The van der Waals surface area contributed by atoms with Crippen molar-refractivity contribution in [2.24, 2.45) is 0 Å². The van der Waals surface area contributed by atoms with E-state index in [1.165, 1.54) is 175 Å². The second-order valence-electron chi connectivity index (χ2n) is 32.4. The lowest BCUT2D eigenvalue weighted by Crippen LogP contribution is -2.15. The van der Waals surface area contributed by atoms with Gasteiger partial charge in [0.1, 0.15) is 180 Å². The highest BCUT2D eigenvalue weighted by molar-refractivity contribution is 9.10. The molecular formula is C110H82Br2F8O23S. The van der Waals surface area contributed by atoms with Gasteiger partial charge in [-0.2, -0.15) is 8.42 Å². The second-order valence-corrected chi connectivity index (χ2v) is 35.6. The first-order chi connectivity index (χ1) is 68.4. The van der Waals surface area contributed by atoms with Crippen LogP contribution in [0.5, 0.6) is 0 Å². The number of aryl methyl sites for hydroxylation is 2. The summed E-state index contributed by atoms with van der Waals surface area (Å²) in [6.45, 7) is 13.6. The van der Waals surface area contributed by atoms with E-state index < -0.39 is 126 Å². The Morgan fingerprint density at radius 3 is 0.972 bits per heavy atom. The number of aliphatic hydroxyl groups is 4. The summed E-state index contributed by atoms with van der Waals surface area (Å²) in [6.07, 6.45) is -4.23. The lowest BCUT2D eigenvalue weighted by Gasteiger charge is -2.15. The van der Waals surface area contributed by atoms with Crippen LogP contribution in [0, 0.1) is 60.4 Å². The molecule has 0 saturated carbocycles. The van der Waals surface area contributed by atoms with Crippen LogP contribution in [0.3, 0.4) is 0 Å². The van der Waals surface area contributed by atoms with Gasteiger partial charge in [0.25, 0.3) is 10.1 Å². The highest BCUT2D eigenvalue weighted by atomic mass is 79.9. The van der Waals surface area contributed by atoms with E-state index in [-0.39, 0.29) is 154 Å². The molecule has 0 spiro atoms. The molecular weight excluding hydrogens is 2030 g/mol. The van der Waals surface area contributed by atoms with Gasteiger partial charge in [-0.1, -0.05) is 164 Å². The Bertz CT molecular complexity index is 8660. The monoisotopic (exact) mass is 2110 g/mol. The molecule has 0 radical (unpaired) electrons. The maximum Gasteiger partial charge on any atom is 0.265 e. The fraction of sp³-hybridized carbons (Fsp3) is 0.136. The largest absolute Gasteiger partial charge is 0.457 e. The maximum atomic E-state index is 14.2. The molecule has 12 aromatic carbocycles. The van der Waals surface area contributed by atoms with Crippen molar-refractivity contribution in [2.75, 3.05) is 6.26 Å². The standard InChI is InChI=1S/C18H14F2O5S.C18H13FO3.C18H16O3.C17H12F2O3.C17H13FO3.C11H8BrFO3.C11H6BrFO3/c1-10(25-26(2,22)23)18-15(11-5-3-6-12(19)9-11)17(21)16-13(20)7-4-8-14(16)24-18;1-10-6-3-4-7-12(10)15-17(21)16-13(19)8-5-9-14(16)22-18(15)11(2)20;1-11-7-6-10-14-15(11)17(20)16(18(21-14)12(2)19)13-8-4-3-5-9-13;1-9(20)17-14(10-5-2-3-6-11(10)18)16(21)15-12(19)7-4-8-13(15)22-17;1-10(19)17-14(11-6-3-2-4-7-11)16(20)15-12(18)8-5-9-13(15)21-17;2*1-5(14)11-9(12)10(15)8-6(13)3-2-4-7(8)16-11/h3-10H,1-2H3;3-9H,1-2H3;3-10,12,19H,1-2H3;2-9,20H,1H3;2-10,19H,1H3;2-5,14H,1H3;2-4H,1H3. The molecule has 0 fully saturated rings. The molecule has 23 nitrogen and oxygen atoms in total. The van der Waals surface area contributed by atoms with Crippen LogP contribution >= 0.6 is 31.9 Å². The van der Waals surface area contributed by atoms with E-state index in [0.717, 1.165) is 41.1 Å². The molecule has 0 aliphatic heterocycles. The molecule has 34 heteroatoms. The third-order valence-electron chi connectivity index (χ3n) is 22.0. The van der Waals surface area contributed by atoms with Gasteiger partial charge in [0, 0.05) is 19.4 Å². The number of hydrogen-bond donors (Lipinski definition) is 4. The SMILES string of the molecule is CC(=O)c1oc2cccc(F)c2c(=O)c1-c1ccccc1C.CC(=O)c1oc2cccc(F)c2c(=O)c1Br.CC(O)c1oc2cccc(F)c2c(=O)c1-c1ccccc1.CC(O)c1oc2cccc(F)c2c(=O)c1-c1ccccc1F.CC(O)c1oc2cccc(F)c2c(=O)c1Br.CC(OS(C)(=O)=O)c1oc2cccc(F)c2c(=O)c1-c1cccc(F)c1.Cc1cccc2oc(C(C)O)c(-c3ccccc3)c(=O)c12. The van der Waals surface area contributed by atoms with Gasteiger partial charge < -0.3 is 51.3 Å². The van der Waals surface area contributed by atoms with E-state index in [9.17, 15) is 107 Å². The third kappa shape index (κ3) is 22.9. The van der Waals surface area contributed by atoms with E-state index >= 15 is 0 Å². The number of carbonyl (C=O) groups excluding carboxylic acids is 2. The summed E-state index contributed by atoms with van der Waals surface area (Å²) in [5.41, 5.74) is 1.36. The minimum absolute atomic E-state index is 0.0148. The van der Waals surface area contributed by atoms with Gasteiger partial charge in [-0.25, -0.2) is 35.1 Å². The van der Waals surface area contributed by atoms with Crippen molar-refractivity contribution in [2.45, 2.75) is 92.8 Å². The number of carbonyl (C=O) groups is 2. The average Bonchev–Trinajstić information content (AvgIpc) is 0.757. The van der Waals surface area contributed by atoms with Gasteiger partial charge in [-0.3, -0.25) is 47.3 Å². The Morgan fingerprint density at radius 2 is 0.583 bits per heavy atom. The molecule has 19 aromatic rings. The van der Waals surface area contributed by atoms with Crippen molar-refractivity contribution in [3.63, 3.8) is 0 Å². The first-order valence-electron chi connectivity index (χ1n) is 43.6. The topological polar surface area (TPSA) is 370 Å². The van der Waals surface area contributed by atoms with Gasteiger partial charge in [0.05, 0.1) is 39.5 Å². The van der Waals surface area contributed by atoms with E-state index in [4.69, 9.17) is 35.1 Å². The van der Waals surface area contributed by atoms with Crippen molar-refractivity contribution in [3.05, 3.63) is 439 Å². The number of Topliss-reactive ketones (excluding diaryl/α,β-unsaturated/α-hetero) is 2. The fourth-order valence-corrected chi connectivity index (χ4v) is 17.3. The summed E-state index contributed by atoms with van der Waals surface area (Å²) < 4.78 is 177. The van der Waals surface area contributed by atoms with E-state index in [1.807, 2.05) is 74.5 Å². The highest BCUT2D eigenvalue weighted by Gasteiger charge is 2.31. The highest BCUT2D eigenvalue weighted by Crippen LogP contribution is 2.39. The summed E-state index contributed by atoms with van der Waals surface area (Å²) in [5.74, 6) is -5.97. The number of rotatable bonds is 14. The normalized spacial score (nSPS) is 12.2. The first-order valence-corrected chi connectivity index (χ1v) is 47.0. The lowest BCUT2D eigenvalue weighted by atomic mass is 9.97. The molecule has 19 rings (SSSR count). The van der Waals surface area contributed by atoms with E-state index in [2.05, 4.69) is 31.9 Å². The van der Waals surface area contributed by atoms with Crippen LogP contribution in [-0.4, -0.2) is 46.7 Å². The van der Waals surface area contributed by atoms with Crippen molar-refractivity contribution >= 4 is 130 Å². The quantitative estimate of drug-likeness (QED) is 0.0446. The first kappa shape index (κ1) is 106. The fourth-order valence-electron chi connectivity index (χ4n) is 15.6. The zero-order valence-electron chi connectivity index (χ0n) is 77.4. The maximum absolute atomic E-state index is 14.2. The molecule has 7 aromatic heterocycles. The molecule has 0 amide bonds. The van der Waals surface area contributed by atoms with Crippen LogP contribution in [0.15, 0.2) is 334 Å². The van der Waals surface area contributed by atoms with Crippen LogP contribution in [0.2, 0.25) is 0 Å². The third-order valence-corrected chi connectivity index (χ3v) is 24.1. The summed E-state index contributed by atoms with van der Waals surface area (Å²) in [7, 11) is -3.86. The smallest absolute Gasteiger partial charge is 0.265 e. The Labute approximate surface area is 827 Å². The van der Waals surface area contributed by atoms with Gasteiger partial charge in [0.15, 0.2) is 28.8 Å². The van der Waals surface area contributed by atoms with Crippen molar-refractivity contribution < 1.29 is 109 Å². The van der Waals surface area contributed by atoms with Crippen LogP contribution in [0.4, 0.5) is 35.1 Å². The molecule has 5 unspecified atom stereocenters. The second kappa shape index (κ2) is 45.2. The predicted octanol–water partition coefficient (Wildman–Crippen LogP) is 24.8. The summed E-state index contributed by atoms with van der Waals surface area (Å²) >= 11 is 5.95. The van der Waals surface area contributed by atoms with Crippen LogP contribution in [-0.2, 0) is 14.3 Å². The van der Waals surface area contributed by atoms with Crippen molar-refractivity contribution in [1.29, 1.82) is 0 Å². The summed E-state index contributed by atoms with van der Waals surface area (Å²) in [4.78, 5) is 111. The molecule has 0 aliphatic rings. The number of fused-ring (bicyclic) bond motifs is 7. The Kier molecular flexibility index (Phi) is 33.3. The molecule has 5 atom stereocenters. The Hall–Kier alpha value is -15.4. The molecule has 4 N–H and O–H groups in total. The van der Waals surface area contributed by atoms with E-state index in [0.29, 0.717) is 33.4 Å². The van der Waals surface area contributed by atoms with Crippen LogP contribution in [0.1, 0.15) is 140 Å². The molecule has 736 valence electrons. The Morgan fingerprint density at radius 1 is 0.299 bits per heavy atom. The van der Waals surface area contributed by atoms with E-state index in [1.54, 1.807) is 55.5 Å². The zero-order chi connectivity index (χ0) is 104. The summed E-state index contributed by atoms with van der Waals surface area (Å²) in [6, 6.07) is 65.7. The summed E-state index contributed by atoms with van der Waals surface area (Å²) in [5, 5.41) is 38.7. The van der Waals surface area contributed by atoms with Gasteiger partial charge >= 0.3 is 0 Å². The van der Waals surface area contributed by atoms with Gasteiger partial charge in [-0.05, 0) is 211 Å². The van der Waals surface area contributed by atoms with Crippen LogP contribution in [0.25, 0.3) is 132 Å². The predicted molar refractivity (Wildman–Crippen MR) is 536 cm³/mol. The van der Waals surface area contributed by atoms with Crippen molar-refractivity contribution in [1.82, 2.24) is 0 Å². The Balaban J connectivity index is 0.000000142. The van der Waals surface area contributed by atoms with Gasteiger partial charge in [-0.15, -0.1) is 0 Å². The lowest BCUT2D eigenvalue weighted by molar-refractivity contribution is 0.0980. The van der Waals surface area contributed by atoms with Gasteiger partial charge in [0.2, 0.25) is 38.0 Å². The zero-order valence-corrected chi connectivity index (χ0v) is 81.4. The number of halogens is 10. The van der Waals surface area contributed by atoms with Crippen molar-refractivity contribution in [3.8, 4) is 55.6 Å². The number of ketones is 2. The minimum Gasteiger partial charge on any atom is -0.457 e. The number of hydrogen-bond acceptors (Lipinski definition) is 23. The molecule has 0 aliphatic carbocycles. The molecule has 0 bridgehead atoms. The molecule has 144 heavy (non-hydrogen) atoms.